The van der Waals surface area contributed by atoms with E-state index in [0.29, 0.717) is 19.6 Å². The van der Waals surface area contributed by atoms with Gasteiger partial charge in [0.2, 0.25) is 0 Å². The number of ether oxygens (including phenoxy) is 2. The molecule has 1 aromatic rings. The van der Waals surface area contributed by atoms with Crippen molar-refractivity contribution in [3.63, 3.8) is 0 Å². The SMILES string of the molecule is Cc1cnn(CCC(=O)OCC2CCCO2)c1. The van der Waals surface area contributed by atoms with Crippen molar-refractivity contribution >= 4 is 5.97 Å². The number of aryl methyl sites for hydroxylation is 2. The zero-order chi connectivity index (χ0) is 12.1. The average Bonchev–Trinajstić information content (AvgIpc) is 2.95. The van der Waals surface area contributed by atoms with Gasteiger partial charge in [0.25, 0.3) is 0 Å². The Labute approximate surface area is 101 Å². The first-order chi connectivity index (χ1) is 8.24. The molecule has 2 heterocycles. The highest BCUT2D eigenvalue weighted by molar-refractivity contribution is 5.69. The third kappa shape index (κ3) is 3.85. The molecule has 1 aliphatic rings. The predicted octanol–water partition coefficient (Wildman–Crippen LogP) is 1.30. The second-order valence-corrected chi connectivity index (χ2v) is 4.35. The van der Waals surface area contributed by atoms with E-state index in [2.05, 4.69) is 5.10 Å². The van der Waals surface area contributed by atoms with Crippen LogP contribution in [0.5, 0.6) is 0 Å². The lowest BCUT2D eigenvalue weighted by atomic mass is 10.2. The van der Waals surface area contributed by atoms with Gasteiger partial charge in [-0.05, 0) is 25.3 Å². The van der Waals surface area contributed by atoms with Crippen molar-refractivity contribution in [1.82, 2.24) is 9.78 Å². The molecular weight excluding hydrogens is 220 g/mol. The van der Waals surface area contributed by atoms with Crippen LogP contribution in [-0.2, 0) is 20.8 Å². The van der Waals surface area contributed by atoms with E-state index in [-0.39, 0.29) is 12.1 Å². The van der Waals surface area contributed by atoms with Gasteiger partial charge in [-0.25, -0.2) is 0 Å². The molecular formula is C12H18N2O3. The molecule has 0 radical (unpaired) electrons. The van der Waals surface area contributed by atoms with Gasteiger partial charge in [-0.1, -0.05) is 0 Å². The Kier molecular flexibility index (Phi) is 4.14. The molecule has 0 spiro atoms. The van der Waals surface area contributed by atoms with E-state index in [1.807, 2.05) is 13.1 Å². The fraction of sp³-hybridized carbons (Fsp3) is 0.667. The van der Waals surface area contributed by atoms with Gasteiger partial charge in [0.15, 0.2) is 0 Å². The third-order valence-electron chi connectivity index (χ3n) is 2.76. The van der Waals surface area contributed by atoms with E-state index >= 15 is 0 Å². The molecule has 1 atom stereocenters. The maximum Gasteiger partial charge on any atom is 0.307 e. The molecule has 0 bridgehead atoms. The molecule has 1 aliphatic heterocycles. The Morgan fingerprint density at radius 2 is 2.59 bits per heavy atom. The van der Waals surface area contributed by atoms with Gasteiger partial charge < -0.3 is 9.47 Å². The van der Waals surface area contributed by atoms with Gasteiger partial charge >= 0.3 is 5.97 Å². The summed E-state index contributed by atoms with van der Waals surface area (Å²) in [5.41, 5.74) is 1.10. The second kappa shape index (κ2) is 5.82. The van der Waals surface area contributed by atoms with E-state index < -0.39 is 0 Å². The molecule has 94 valence electrons. The van der Waals surface area contributed by atoms with E-state index in [1.54, 1.807) is 10.9 Å². The van der Waals surface area contributed by atoms with Crippen molar-refractivity contribution in [2.24, 2.45) is 0 Å². The summed E-state index contributed by atoms with van der Waals surface area (Å²) in [6.07, 6.45) is 6.20. The summed E-state index contributed by atoms with van der Waals surface area (Å²) in [5, 5.41) is 4.11. The molecule has 0 aromatic carbocycles. The Morgan fingerprint density at radius 3 is 3.24 bits per heavy atom. The lowest BCUT2D eigenvalue weighted by molar-refractivity contribution is -0.147. The minimum Gasteiger partial charge on any atom is -0.463 e. The van der Waals surface area contributed by atoms with Crippen molar-refractivity contribution < 1.29 is 14.3 Å². The molecule has 0 saturated carbocycles. The van der Waals surface area contributed by atoms with Crippen molar-refractivity contribution in [3.05, 3.63) is 18.0 Å². The smallest absolute Gasteiger partial charge is 0.307 e. The summed E-state index contributed by atoms with van der Waals surface area (Å²) >= 11 is 0. The quantitative estimate of drug-likeness (QED) is 0.726. The lowest BCUT2D eigenvalue weighted by Crippen LogP contribution is -2.18. The summed E-state index contributed by atoms with van der Waals surface area (Å²) < 4.78 is 12.3. The number of hydrogen-bond donors (Lipinski definition) is 0. The number of esters is 1. The summed E-state index contributed by atoms with van der Waals surface area (Å²) in [5.74, 6) is -0.186. The zero-order valence-electron chi connectivity index (χ0n) is 10.1. The second-order valence-electron chi connectivity index (χ2n) is 4.35. The standard InChI is InChI=1S/C12H18N2O3/c1-10-7-13-14(8-10)5-4-12(15)17-9-11-3-2-6-16-11/h7-8,11H,2-6,9H2,1H3. The van der Waals surface area contributed by atoms with Crippen LogP contribution in [-0.4, -0.2) is 35.1 Å². The summed E-state index contributed by atoms with van der Waals surface area (Å²) in [6.45, 7) is 3.71. The monoisotopic (exact) mass is 238 g/mol. The summed E-state index contributed by atoms with van der Waals surface area (Å²) in [6, 6.07) is 0. The van der Waals surface area contributed by atoms with Crippen molar-refractivity contribution in [1.29, 1.82) is 0 Å². The van der Waals surface area contributed by atoms with E-state index in [4.69, 9.17) is 9.47 Å². The van der Waals surface area contributed by atoms with Crippen LogP contribution in [0.15, 0.2) is 12.4 Å². The van der Waals surface area contributed by atoms with Gasteiger partial charge in [0, 0.05) is 12.8 Å². The van der Waals surface area contributed by atoms with Crippen LogP contribution >= 0.6 is 0 Å². The minimum atomic E-state index is -0.186. The number of aromatic nitrogens is 2. The molecule has 0 aliphatic carbocycles. The molecule has 2 rings (SSSR count). The Morgan fingerprint density at radius 1 is 1.71 bits per heavy atom. The first-order valence-electron chi connectivity index (χ1n) is 6.00. The van der Waals surface area contributed by atoms with Crippen LogP contribution < -0.4 is 0 Å². The van der Waals surface area contributed by atoms with Crippen LogP contribution in [0.25, 0.3) is 0 Å². The maximum atomic E-state index is 11.5. The Balaban J connectivity index is 1.63. The minimum absolute atomic E-state index is 0.103. The Bertz CT molecular complexity index is 370. The first kappa shape index (κ1) is 12.1. The average molecular weight is 238 g/mol. The van der Waals surface area contributed by atoms with E-state index in [9.17, 15) is 4.79 Å². The Hall–Kier alpha value is -1.36. The summed E-state index contributed by atoms with van der Waals surface area (Å²) in [4.78, 5) is 11.5. The fourth-order valence-corrected chi connectivity index (χ4v) is 1.83. The molecule has 17 heavy (non-hydrogen) atoms. The van der Waals surface area contributed by atoms with Crippen LogP contribution in [0.1, 0.15) is 24.8 Å². The third-order valence-corrected chi connectivity index (χ3v) is 2.76. The normalized spacial score (nSPS) is 19.5. The molecule has 1 unspecified atom stereocenters. The van der Waals surface area contributed by atoms with Gasteiger partial charge in [-0.2, -0.15) is 5.10 Å². The van der Waals surface area contributed by atoms with E-state index in [1.165, 1.54) is 0 Å². The highest BCUT2D eigenvalue weighted by Crippen LogP contribution is 2.12. The summed E-state index contributed by atoms with van der Waals surface area (Å²) in [7, 11) is 0. The van der Waals surface area contributed by atoms with Crippen LogP contribution in [0.2, 0.25) is 0 Å². The first-order valence-corrected chi connectivity index (χ1v) is 6.00. The molecule has 1 saturated heterocycles. The fourth-order valence-electron chi connectivity index (χ4n) is 1.83. The number of carbonyl (C=O) groups is 1. The van der Waals surface area contributed by atoms with Gasteiger partial charge in [0.1, 0.15) is 6.61 Å². The molecule has 0 N–H and O–H groups in total. The maximum absolute atomic E-state index is 11.5. The van der Waals surface area contributed by atoms with Crippen LogP contribution in [0.3, 0.4) is 0 Å². The van der Waals surface area contributed by atoms with Crippen molar-refractivity contribution in [2.45, 2.75) is 38.8 Å². The molecule has 5 heteroatoms. The molecule has 0 amide bonds. The van der Waals surface area contributed by atoms with Gasteiger partial charge in [0.05, 0.1) is 25.3 Å². The molecule has 1 aromatic heterocycles. The molecule has 1 fully saturated rings. The lowest BCUT2D eigenvalue weighted by Gasteiger charge is -2.10. The number of rotatable bonds is 5. The largest absolute Gasteiger partial charge is 0.463 e. The topological polar surface area (TPSA) is 53.4 Å². The number of carbonyl (C=O) groups excluding carboxylic acids is 1. The number of nitrogens with zero attached hydrogens (tertiary/aromatic N) is 2. The van der Waals surface area contributed by atoms with Crippen LogP contribution in [0.4, 0.5) is 0 Å². The van der Waals surface area contributed by atoms with Gasteiger partial charge in [-0.15, -0.1) is 0 Å². The van der Waals surface area contributed by atoms with E-state index in [0.717, 1.165) is 25.0 Å². The highest BCUT2D eigenvalue weighted by Gasteiger charge is 2.17. The number of hydrogen-bond acceptors (Lipinski definition) is 4. The highest BCUT2D eigenvalue weighted by atomic mass is 16.6. The van der Waals surface area contributed by atoms with Gasteiger partial charge in [-0.3, -0.25) is 9.48 Å². The molecule has 5 nitrogen and oxygen atoms in total. The van der Waals surface area contributed by atoms with Crippen LogP contribution in [0, 0.1) is 6.92 Å². The predicted molar refractivity (Wildman–Crippen MR) is 61.5 cm³/mol. The zero-order valence-corrected chi connectivity index (χ0v) is 10.1. The van der Waals surface area contributed by atoms with Crippen molar-refractivity contribution in [2.75, 3.05) is 13.2 Å². The van der Waals surface area contributed by atoms with Crippen molar-refractivity contribution in [3.8, 4) is 0 Å².